The number of hydrogen-bond donors (Lipinski definition) is 1. The highest BCUT2D eigenvalue weighted by atomic mass is 32.2. The van der Waals surface area contributed by atoms with Gasteiger partial charge < -0.3 is 5.11 Å². The molecule has 0 aliphatic rings. The first-order chi connectivity index (χ1) is 9.08. The van der Waals surface area contributed by atoms with Crippen molar-refractivity contribution in [2.45, 2.75) is 44.4 Å². The lowest BCUT2D eigenvalue weighted by Gasteiger charge is -2.14. The molecule has 0 bridgehead atoms. The molecule has 1 N–H and O–H groups in total. The first-order valence-corrected chi connectivity index (χ1v) is 7.72. The van der Waals surface area contributed by atoms with Crippen molar-refractivity contribution in [2.75, 3.05) is 5.75 Å². The van der Waals surface area contributed by atoms with Gasteiger partial charge in [0.15, 0.2) is 0 Å². The Bertz CT molecular complexity index is 421. The molecule has 0 spiro atoms. The van der Waals surface area contributed by atoms with Gasteiger partial charge in [-0.15, -0.1) is 11.8 Å². The molecule has 1 unspecified atom stereocenters. The van der Waals surface area contributed by atoms with Crippen molar-refractivity contribution in [2.24, 2.45) is 5.92 Å². The van der Waals surface area contributed by atoms with Gasteiger partial charge in [0.1, 0.15) is 5.82 Å². The summed E-state index contributed by atoms with van der Waals surface area (Å²) in [6.45, 7) is 4.31. The first kappa shape index (κ1) is 16.0. The van der Waals surface area contributed by atoms with Crippen LogP contribution < -0.4 is 0 Å². The van der Waals surface area contributed by atoms with Crippen LogP contribution in [0.2, 0.25) is 0 Å². The Hall–Kier alpha value is -1.03. The first-order valence-electron chi connectivity index (χ1n) is 6.74. The van der Waals surface area contributed by atoms with Crippen molar-refractivity contribution in [1.82, 2.24) is 0 Å². The Kier molecular flexibility index (Phi) is 6.92. The molecule has 19 heavy (non-hydrogen) atoms. The molecule has 2 nitrogen and oxygen atoms in total. The Morgan fingerprint density at radius 1 is 1.42 bits per heavy atom. The summed E-state index contributed by atoms with van der Waals surface area (Å²) < 4.78 is 13.6. The maximum Gasteiger partial charge on any atom is 0.335 e. The minimum atomic E-state index is -1.01. The summed E-state index contributed by atoms with van der Waals surface area (Å²) in [5, 5.41) is 8.91. The predicted octanol–water partition coefficient (Wildman–Crippen LogP) is 4.83. The van der Waals surface area contributed by atoms with E-state index in [2.05, 4.69) is 13.8 Å². The van der Waals surface area contributed by atoms with Crippen LogP contribution in [0.3, 0.4) is 0 Å². The van der Waals surface area contributed by atoms with E-state index in [0.29, 0.717) is 10.8 Å². The highest BCUT2D eigenvalue weighted by Gasteiger charge is 2.12. The van der Waals surface area contributed by atoms with Crippen molar-refractivity contribution in [3.63, 3.8) is 0 Å². The lowest BCUT2D eigenvalue weighted by molar-refractivity contribution is 0.0696. The quantitative estimate of drug-likeness (QED) is 0.694. The molecule has 1 atom stereocenters. The second-order valence-corrected chi connectivity index (χ2v) is 5.74. The van der Waals surface area contributed by atoms with E-state index >= 15 is 0 Å². The number of aromatic carboxylic acids is 1. The van der Waals surface area contributed by atoms with E-state index in [4.69, 9.17) is 5.11 Å². The normalized spacial score (nSPS) is 12.4. The number of unbranched alkanes of at least 4 members (excludes halogenated alkanes) is 1. The number of carbonyl (C=O) groups is 1. The number of halogens is 1. The van der Waals surface area contributed by atoms with Gasteiger partial charge in [0.05, 0.1) is 5.56 Å². The summed E-state index contributed by atoms with van der Waals surface area (Å²) in [4.78, 5) is 11.3. The van der Waals surface area contributed by atoms with Crippen molar-refractivity contribution in [1.29, 1.82) is 0 Å². The second kappa shape index (κ2) is 8.20. The molecule has 0 aliphatic carbocycles. The Morgan fingerprint density at radius 2 is 2.16 bits per heavy atom. The lowest BCUT2D eigenvalue weighted by atomic mass is 10.0. The molecule has 0 aliphatic heterocycles. The number of benzene rings is 1. The highest BCUT2D eigenvalue weighted by Crippen LogP contribution is 2.28. The number of carboxylic acids is 1. The largest absolute Gasteiger partial charge is 0.478 e. The number of thioether (sulfide) groups is 1. The maximum absolute atomic E-state index is 13.6. The summed E-state index contributed by atoms with van der Waals surface area (Å²) in [7, 11) is 0. The molecule has 0 saturated heterocycles. The minimum Gasteiger partial charge on any atom is -0.478 e. The van der Waals surface area contributed by atoms with Crippen LogP contribution >= 0.6 is 11.8 Å². The van der Waals surface area contributed by atoms with E-state index in [9.17, 15) is 9.18 Å². The van der Waals surface area contributed by atoms with Gasteiger partial charge in [-0.25, -0.2) is 9.18 Å². The SMILES string of the molecule is CCCCC(CC)CSc1cc(C(=O)O)ccc1F. The van der Waals surface area contributed by atoms with E-state index in [0.717, 1.165) is 18.6 Å². The number of rotatable bonds is 8. The molecule has 4 heteroatoms. The van der Waals surface area contributed by atoms with Gasteiger partial charge in [-0.1, -0.05) is 33.1 Å². The van der Waals surface area contributed by atoms with Crippen LogP contribution in [-0.2, 0) is 0 Å². The lowest BCUT2D eigenvalue weighted by Crippen LogP contribution is -2.03. The maximum atomic E-state index is 13.6. The molecule has 0 heterocycles. The van der Waals surface area contributed by atoms with E-state index in [1.54, 1.807) is 0 Å². The monoisotopic (exact) mass is 284 g/mol. The average Bonchev–Trinajstić information content (AvgIpc) is 2.40. The summed E-state index contributed by atoms with van der Waals surface area (Å²) in [6, 6.07) is 3.96. The molecule has 0 aromatic heterocycles. The van der Waals surface area contributed by atoms with Crippen molar-refractivity contribution >= 4 is 17.7 Å². The van der Waals surface area contributed by atoms with Crippen molar-refractivity contribution in [3.05, 3.63) is 29.6 Å². The van der Waals surface area contributed by atoms with Gasteiger partial charge in [0, 0.05) is 10.6 Å². The highest BCUT2D eigenvalue weighted by molar-refractivity contribution is 7.99. The molecule has 0 fully saturated rings. The van der Waals surface area contributed by atoms with Gasteiger partial charge in [0.25, 0.3) is 0 Å². The fourth-order valence-electron chi connectivity index (χ4n) is 1.85. The van der Waals surface area contributed by atoms with Crippen molar-refractivity contribution < 1.29 is 14.3 Å². The summed E-state index contributed by atoms with van der Waals surface area (Å²) in [6.07, 6.45) is 4.59. The molecule has 1 aromatic rings. The minimum absolute atomic E-state index is 0.144. The van der Waals surface area contributed by atoms with Crippen LogP contribution in [-0.4, -0.2) is 16.8 Å². The zero-order valence-corrected chi connectivity index (χ0v) is 12.3. The van der Waals surface area contributed by atoms with Crippen LogP contribution in [0.25, 0.3) is 0 Å². The Labute approximate surface area is 118 Å². The fraction of sp³-hybridized carbons (Fsp3) is 0.533. The zero-order valence-electron chi connectivity index (χ0n) is 11.5. The smallest absolute Gasteiger partial charge is 0.335 e. The van der Waals surface area contributed by atoms with Gasteiger partial charge in [0.2, 0.25) is 0 Å². The van der Waals surface area contributed by atoms with Crippen LogP contribution in [0, 0.1) is 11.7 Å². The van der Waals surface area contributed by atoms with Gasteiger partial charge in [-0.2, -0.15) is 0 Å². The van der Waals surface area contributed by atoms with E-state index in [-0.39, 0.29) is 11.4 Å². The summed E-state index contributed by atoms with van der Waals surface area (Å²) in [5.74, 6) is 0.0642. The van der Waals surface area contributed by atoms with Crippen molar-refractivity contribution in [3.8, 4) is 0 Å². The molecule has 1 rings (SSSR count). The van der Waals surface area contributed by atoms with Gasteiger partial charge in [-0.05, 0) is 30.5 Å². The van der Waals surface area contributed by atoms with Crippen LogP contribution in [0.15, 0.2) is 23.1 Å². The topological polar surface area (TPSA) is 37.3 Å². The average molecular weight is 284 g/mol. The molecular formula is C15H21FO2S. The number of carboxylic acid groups (broad SMARTS) is 1. The third-order valence-corrected chi connectivity index (χ3v) is 4.46. The van der Waals surface area contributed by atoms with Gasteiger partial charge in [-0.3, -0.25) is 0 Å². The second-order valence-electron chi connectivity index (χ2n) is 4.68. The molecule has 0 saturated carbocycles. The Morgan fingerprint density at radius 3 is 2.74 bits per heavy atom. The third-order valence-electron chi connectivity index (χ3n) is 3.20. The molecule has 0 radical (unpaired) electrons. The van der Waals surface area contributed by atoms with E-state index < -0.39 is 5.97 Å². The Balaban J connectivity index is 2.65. The summed E-state index contributed by atoms with van der Waals surface area (Å²) in [5.41, 5.74) is 0.144. The predicted molar refractivity (Wildman–Crippen MR) is 77.4 cm³/mol. The molecular weight excluding hydrogens is 263 g/mol. The van der Waals surface area contributed by atoms with Crippen LogP contribution in [0.1, 0.15) is 49.9 Å². The van der Waals surface area contributed by atoms with Crippen LogP contribution in [0.5, 0.6) is 0 Å². The summed E-state index contributed by atoms with van der Waals surface area (Å²) >= 11 is 1.42. The third kappa shape index (κ3) is 5.23. The fourth-order valence-corrected chi connectivity index (χ4v) is 3.09. The zero-order chi connectivity index (χ0) is 14.3. The number of hydrogen-bond acceptors (Lipinski definition) is 2. The van der Waals surface area contributed by atoms with Crippen LogP contribution in [0.4, 0.5) is 4.39 Å². The molecule has 1 aromatic carbocycles. The standard InChI is InChI=1S/C15H21FO2S/c1-3-5-6-11(4-2)10-19-14-9-12(15(17)18)7-8-13(14)16/h7-9,11H,3-6,10H2,1-2H3,(H,17,18). The van der Waals surface area contributed by atoms with Gasteiger partial charge >= 0.3 is 5.97 Å². The molecule has 106 valence electrons. The van der Waals surface area contributed by atoms with E-state index in [1.807, 2.05) is 0 Å². The van der Waals surface area contributed by atoms with E-state index in [1.165, 1.54) is 42.8 Å². The molecule has 0 amide bonds.